The second-order valence-corrected chi connectivity index (χ2v) is 10.5. The number of unbranched alkanes of at least 4 members (excludes halogenated alkanes) is 2. The number of ether oxygens (including phenoxy) is 1. The molecule has 0 aliphatic rings. The fourth-order valence-corrected chi connectivity index (χ4v) is 4.89. The number of aromatic nitrogens is 2. The number of aryl methyl sites for hydroxylation is 1. The van der Waals surface area contributed by atoms with E-state index in [0.717, 1.165) is 37.0 Å². The molecule has 5 rings (SSSR count). The van der Waals surface area contributed by atoms with Crippen molar-refractivity contribution in [1.82, 2.24) is 9.97 Å². The van der Waals surface area contributed by atoms with Gasteiger partial charge in [0.15, 0.2) is 23.3 Å². The fraction of sp³-hybridized carbons (Fsp3) is 0.176. The third-order valence-electron chi connectivity index (χ3n) is 7.18. The maximum Gasteiger partial charge on any atom is 0.432 e. The van der Waals surface area contributed by atoms with Crippen LogP contribution in [0.3, 0.4) is 0 Å². The molecule has 0 saturated carbocycles. The molecule has 0 saturated heterocycles. The SMILES string of the molecule is CCCCCc1cnc(-c2cc(F)c(C(F)(F)Oc3ccc(-c4cc(F)c(-c5cc(F)c(F)c(F)c5)c(F)c4)c(F)c3)c(F)c2)nc1. The van der Waals surface area contributed by atoms with E-state index in [-0.39, 0.29) is 11.4 Å². The highest BCUT2D eigenvalue weighted by Gasteiger charge is 2.41. The van der Waals surface area contributed by atoms with Crippen molar-refractivity contribution in [3.8, 4) is 39.4 Å². The molecular weight excluding hydrogens is 642 g/mol. The lowest BCUT2D eigenvalue weighted by Gasteiger charge is -2.20. The molecule has 0 bridgehead atoms. The van der Waals surface area contributed by atoms with Gasteiger partial charge in [-0.2, -0.15) is 8.78 Å². The van der Waals surface area contributed by atoms with E-state index in [9.17, 15) is 35.1 Å². The number of hydrogen-bond donors (Lipinski definition) is 0. The third-order valence-corrected chi connectivity index (χ3v) is 7.18. The second-order valence-electron chi connectivity index (χ2n) is 10.5. The van der Waals surface area contributed by atoms with Gasteiger partial charge in [-0.15, -0.1) is 0 Å². The Labute approximate surface area is 261 Å². The molecule has 47 heavy (non-hydrogen) atoms. The summed E-state index contributed by atoms with van der Waals surface area (Å²) in [7, 11) is 0. The van der Waals surface area contributed by atoms with E-state index in [1.54, 1.807) is 0 Å². The highest BCUT2D eigenvalue weighted by molar-refractivity contribution is 5.72. The summed E-state index contributed by atoms with van der Waals surface area (Å²) >= 11 is 0. The molecule has 0 fully saturated rings. The van der Waals surface area contributed by atoms with Gasteiger partial charge in [0.1, 0.15) is 40.4 Å². The van der Waals surface area contributed by atoms with Crippen LogP contribution in [-0.2, 0) is 12.5 Å². The van der Waals surface area contributed by atoms with Crippen molar-refractivity contribution in [1.29, 1.82) is 0 Å². The van der Waals surface area contributed by atoms with Gasteiger partial charge in [0.2, 0.25) is 0 Å². The van der Waals surface area contributed by atoms with Gasteiger partial charge >= 0.3 is 6.11 Å². The lowest BCUT2D eigenvalue weighted by atomic mass is 9.98. The normalized spacial score (nSPS) is 11.6. The van der Waals surface area contributed by atoms with E-state index < -0.39 is 86.2 Å². The van der Waals surface area contributed by atoms with Gasteiger partial charge in [-0.25, -0.2) is 45.1 Å². The molecule has 0 spiro atoms. The summed E-state index contributed by atoms with van der Waals surface area (Å²) < 4.78 is 149. The molecule has 0 amide bonds. The van der Waals surface area contributed by atoms with E-state index in [1.807, 2.05) is 6.92 Å². The van der Waals surface area contributed by atoms with Crippen LogP contribution in [-0.4, -0.2) is 9.97 Å². The van der Waals surface area contributed by atoms with Crippen LogP contribution in [0.1, 0.15) is 37.3 Å². The van der Waals surface area contributed by atoms with Gasteiger partial charge in [0.05, 0.1) is 5.56 Å². The third kappa shape index (κ3) is 7.08. The molecule has 13 heteroatoms. The van der Waals surface area contributed by atoms with Crippen molar-refractivity contribution >= 4 is 0 Å². The molecule has 0 radical (unpaired) electrons. The number of nitrogens with zero attached hydrogens (tertiary/aromatic N) is 2. The van der Waals surface area contributed by atoms with E-state index >= 15 is 8.78 Å². The summed E-state index contributed by atoms with van der Waals surface area (Å²) in [4.78, 5) is 8.12. The Bertz CT molecular complexity index is 1880. The zero-order chi connectivity index (χ0) is 34.0. The van der Waals surface area contributed by atoms with Crippen LogP contribution in [0.4, 0.5) is 43.9 Å². The minimum atomic E-state index is -4.65. The molecule has 3 nitrogen and oxygen atoms in total. The summed E-state index contributed by atoms with van der Waals surface area (Å²) in [6.45, 7) is 2.04. The number of rotatable bonds is 10. The maximum absolute atomic E-state index is 15.0. The molecule has 0 N–H and O–H groups in total. The summed E-state index contributed by atoms with van der Waals surface area (Å²) in [5, 5.41) is 0. The number of alkyl halides is 2. The topological polar surface area (TPSA) is 35.0 Å². The molecular formula is C34H22F10N2O. The summed E-state index contributed by atoms with van der Waals surface area (Å²) in [5.74, 6) is -13.8. The Morgan fingerprint density at radius 3 is 1.72 bits per heavy atom. The van der Waals surface area contributed by atoms with Crippen LogP contribution >= 0.6 is 0 Å². The van der Waals surface area contributed by atoms with Gasteiger partial charge in [-0.05, 0) is 78.1 Å². The van der Waals surface area contributed by atoms with E-state index in [4.69, 9.17) is 0 Å². The van der Waals surface area contributed by atoms with Crippen molar-refractivity contribution in [3.63, 3.8) is 0 Å². The van der Waals surface area contributed by atoms with Crippen LogP contribution in [0.2, 0.25) is 0 Å². The predicted molar refractivity (Wildman–Crippen MR) is 152 cm³/mol. The zero-order valence-electron chi connectivity index (χ0n) is 24.3. The van der Waals surface area contributed by atoms with Crippen LogP contribution in [0.25, 0.3) is 33.6 Å². The Balaban J connectivity index is 1.37. The molecule has 0 aliphatic carbocycles. The highest BCUT2D eigenvalue weighted by Crippen LogP contribution is 2.39. The summed E-state index contributed by atoms with van der Waals surface area (Å²) in [6, 6.07) is 5.11. The molecule has 0 aliphatic heterocycles. The minimum absolute atomic E-state index is 0.103. The van der Waals surface area contributed by atoms with Gasteiger partial charge in [-0.1, -0.05) is 19.8 Å². The molecule has 0 unspecified atom stereocenters. The van der Waals surface area contributed by atoms with Crippen molar-refractivity contribution in [2.45, 2.75) is 38.7 Å². The Kier molecular flexibility index (Phi) is 9.55. The Morgan fingerprint density at radius 2 is 1.17 bits per heavy atom. The van der Waals surface area contributed by atoms with Crippen molar-refractivity contribution in [2.75, 3.05) is 0 Å². The lowest BCUT2D eigenvalue weighted by molar-refractivity contribution is -0.189. The van der Waals surface area contributed by atoms with Gasteiger partial charge < -0.3 is 4.74 Å². The first-order valence-electron chi connectivity index (χ1n) is 14.1. The second kappa shape index (κ2) is 13.4. The zero-order valence-corrected chi connectivity index (χ0v) is 24.3. The maximum atomic E-state index is 15.0. The van der Waals surface area contributed by atoms with Crippen LogP contribution in [0.5, 0.6) is 5.75 Å². The predicted octanol–water partition coefficient (Wildman–Crippen LogP) is 10.5. The molecule has 4 aromatic carbocycles. The first-order chi connectivity index (χ1) is 22.3. The number of halogens is 10. The van der Waals surface area contributed by atoms with Crippen molar-refractivity contribution in [2.24, 2.45) is 0 Å². The minimum Gasteiger partial charge on any atom is -0.429 e. The van der Waals surface area contributed by atoms with E-state index in [0.29, 0.717) is 48.9 Å². The van der Waals surface area contributed by atoms with Crippen LogP contribution in [0.15, 0.2) is 67.0 Å². The van der Waals surface area contributed by atoms with E-state index in [1.165, 1.54) is 12.4 Å². The monoisotopic (exact) mass is 664 g/mol. The molecule has 5 aromatic rings. The first-order valence-corrected chi connectivity index (χ1v) is 14.1. The fourth-order valence-electron chi connectivity index (χ4n) is 4.89. The average Bonchev–Trinajstić information content (AvgIpc) is 2.99. The molecule has 0 atom stereocenters. The molecule has 1 heterocycles. The lowest BCUT2D eigenvalue weighted by Crippen LogP contribution is -2.25. The van der Waals surface area contributed by atoms with Crippen molar-refractivity contribution in [3.05, 3.63) is 125 Å². The van der Waals surface area contributed by atoms with Gasteiger partial charge in [0.25, 0.3) is 0 Å². The summed E-state index contributed by atoms with van der Waals surface area (Å²) in [6.07, 6.45) is 1.90. The first kappa shape index (κ1) is 33.4. The smallest absolute Gasteiger partial charge is 0.429 e. The van der Waals surface area contributed by atoms with Gasteiger partial charge in [0, 0.05) is 29.6 Å². The number of benzene rings is 4. The molecule has 1 aromatic heterocycles. The largest absolute Gasteiger partial charge is 0.432 e. The van der Waals surface area contributed by atoms with E-state index in [2.05, 4.69) is 14.7 Å². The Morgan fingerprint density at radius 1 is 0.617 bits per heavy atom. The average molecular weight is 665 g/mol. The summed E-state index contributed by atoms with van der Waals surface area (Å²) in [5.41, 5.74) is -3.77. The standard InChI is InChI=1S/C34H22F10N2O/c1-2-3-4-5-17-15-45-33(46-16-17)20-12-26(38)31(27(39)13-20)34(43,44)47-21-6-7-22(23(35)14-21)18-8-24(36)30(25(37)9-18)19-10-28(40)32(42)29(41)11-19/h6-16H,2-5H2,1H3. The quantitative estimate of drug-likeness (QED) is 0.0847. The highest BCUT2D eigenvalue weighted by atomic mass is 19.3. The Hall–Kier alpha value is -4.94. The van der Waals surface area contributed by atoms with Gasteiger partial charge in [-0.3, -0.25) is 0 Å². The number of hydrogen-bond acceptors (Lipinski definition) is 3. The van der Waals surface area contributed by atoms with Crippen LogP contribution < -0.4 is 4.74 Å². The molecule has 244 valence electrons. The van der Waals surface area contributed by atoms with Crippen LogP contribution in [0, 0.1) is 46.5 Å². The van der Waals surface area contributed by atoms with Crippen molar-refractivity contribution < 1.29 is 48.6 Å².